The van der Waals surface area contributed by atoms with E-state index >= 15 is 0 Å². The number of hydrogen-bond donors (Lipinski definition) is 0. The number of rotatable bonds is 0. The highest BCUT2D eigenvalue weighted by atomic mass is 127. The van der Waals surface area contributed by atoms with E-state index in [0.29, 0.717) is 0 Å². The summed E-state index contributed by atoms with van der Waals surface area (Å²) in [5, 5.41) is 0. The van der Waals surface area contributed by atoms with Gasteiger partial charge >= 0.3 is 0 Å². The van der Waals surface area contributed by atoms with Gasteiger partial charge in [0.05, 0.1) is 4.88 Å². The third-order valence-electron chi connectivity index (χ3n) is 1.10. The molecule has 1 aliphatic heterocycles. The van der Waals surface area contributed by atoms with Crippen molar-refractivity contribution in [1.29, 1.82) is 0 Å². The second-order valence-electron chi connectivity index (χ2n) is 1.67. The maximum Gasteiger partial charge on any atom is 0.0558 e. The average molecular weight is 249 g/mol. The summed E-state index contributed by atoms with van der Waals surface area (Å²) < 4.78 is 8.65. The van der Waals surface area contributed by atoms with Gasteiger partial charge in [-0.25, -0.2) is 0 Å². The zero-order valence-electron chi connectivity index (χ0n) is 4.54. The molecule has 46 valence electrons. The van der Waals surface area contributed by atoms with E-state index in [0.717, 1.165) is 0 Å². The molecule has 0 saturated heterocycles. The van der Waals surface area contributed by atoms with Gasteiger partial charge in [-0.15, -0.1) is 0 Å². The smallest absolute Gasteiger partial charge is 0.0558 e. The van der Waals surface area contributed by atoms with Crippen LogP contribution in [0.15, 0.2) is 10.3 Å². The van der Waals surface area contributed by atoms with Crippen molar-refractivity contribution >= 4 is 42.4 Å². The molecule has 0 unspecified atom stereocenters. The van der Waals surface area contributed by atoms with Gasteiger partial charge in [0.15, 0.2) is 0 Å². The van der Waals surface area contributed by atoms with Crippen LogP contribution in [0.3, 0.4) is 0 Å². The molecule has 0 saturated carbocycles. The van der Waals surface area contributed by atoms with E-state index < -0.39 is 0 Å². The van der Waals surface area contributed by atoms with Crippen LogP contribution in [-0.4, -0.2) is 8.39 Å². The van der Waals surface area contributed by atoms with Crippen LogP contribution < -0.4 is 0 Å². The first kappa shape index (κ1) is 5.73. The molecule has 1 aromatic heterocycles. The summed E-state index contributed by atoms with van der Waals surface area (Å²) in [6.45, 7) is 0. The number of hydrogen-bond acceptors (Lipinski definition) is 2. The summed E-state index contributed by atoms with van der Waals surface area (Å²) in [5.41, 5.74) is 1.34. The van der Waals surface area contributed by atoms with Crippen LogP contribution in [0.25, 0.3) is 6.08 Å². The first-order valence-corrected chi connectivity index (χ1v) is 5.80. The molecule has 0 aliphatic carbocycles. The van der Waals surface area contributed by atoms with Crippen LogP contribution in [0.5, 0.6) is 0 Å². The standard InChI is InChI=1S/C6H4INS/c1-2-7-3-5-4-8-9-6(1)5/h1-4H. The van der Waals surface area contributed by atoms with E-state index in [-0.39, 0.29) is 20.7 Å². The number of nitrogens with zero attached hydrogens (tertiary/aromatic N) is 1. The molecule has 1 aromatic rings. The van der Waals surface area contributed by atoms with Crippen molar-refractivity contribution in [2.75, 3.05) is 0 Å². The number of aromatic nitrogens is 1. The van der Waals surface area contributed by atoms with Crippen LogP contribution in [0, 0.1) is 0 Å². The van der Waals surface area contributed by atoms with Gasteiger partial charge in [0.2, 0.25) is 0 Å². The zero-order valence-corrected chi connectivity index (χ0v) is 7.52. The molecule has 0 spiro atoms. The Morgan fingerprint density at radius 1 is 1.56 bits per heavy atom. The second kappa shape index (κ2) is 2.30. The van der Waals surface area contributed by atoms with E-state index in [1.807, 2.05) is 6.20 Å². The van der Waals surface area contributed by atoms with Gasteiger partial charge in [0.1, 0.15) is 0 Å². The van der Waals surface area contributed by atoms with Gasteiger partial charge in [-0.3, -0.25) is 0 Å². The minimum absolute atomic E-state index is 0.213. The summed E-state index contributed by atoms with van der Waals surface area (Å²) in [7, 11) is 0. The lowest BCUT2D eigenvalue weighted by atomic mass is 10.3. The summed E-state index contributed by atoms with van der Waals surface area (Å²) in [5.74, 6) is 0. The molecule has 0 bridgehead atoms. The summed E-state index contributed by atoms with van der Waals surface area (Å²) in [4.78, 5) is 1.32. The van der Waals surface area contributed by atoms with Crippen LogP contribution in [0.2, 0.25) is 0 Å². The Bertz CT molecular complexity index is 248. The monoisotopic (exact) mass is 249 g/mol. The lowest BCUT2D eigenvalue weighted by molar-refractivity contribution is 1.57. The fourth-order valence-electron chi connectivity index (χ4n) is 0.663. The minimum Gasteiger partial charge on any atom is -0.200 e. The fourth-order valence-corrected chi connectivity index (χ4v) is 3.40. The molecule has 1 nitrogen and oxygen atoms in total. The Morgan fingerprint density at radius 2 is 2.56 bits per heavy atom. The summed E-state index contributed by atoms with van der Waals surface area (Å²) in [6, 6.07) is 0. The summed E-state index contributed by atoms with van der Waals surface area (Å²) >= 11 is 1.79. The first-order chi connectivity index (χ1) is 4.47. The van der Waals surface area contributed by atoms with Gasteiger partial charge < -0.3 is 0 Å². The molecule has 0 atom stereocenters. The Labute approximate surface area is 67.3 Å². The Kier molecular flexibility index (Phi) is 1.47. The minimum atomic E-state index is 0.213. The Hall–Kier alpha value is -0.0300. The number of halogens is 1. The van der Waals surface area contributed by atoms with E-state index in [9.17, 15) is 0 Å². The molecule has 0 fully saturated rings. The highest BCUT2D eigenvalue weighted by Crippen LogP contribution is 2.21. The van der Waals surface area contributed by atoms with Crippen molar-refractivity contribution in [3.8, 4) is 0 Å². The van der Waals surface area contributed by atoms with Crippen molar-refractivity contribution in [3.63, 3.8) is 0 Å². The van der Waals surface area contributed by atoms with Gasteiger partial charge in [-0.1, -0.05) is 20.7 Å². The van der Waals surface area contributed by atoms with E-state index in [4.69, 9.17) is 0 Å². The number of fused-ring (bicyclic) bond motifs is 1. The van der Waals surface area contributed by atoms with Crippen LogP contribution in [-0.2, 0) is 0 Å². The topological polar surface area (TPSA) is 12.9 Å². The third-order valence-corrected chi connectivity index (χ3v) is 3.68. The molecular formula is C6H4INS. The average Bonchev–Trinajstić information content (AvgIpc) is 2.33. The molecule has 0 N–H and O–H groups in total. The van der Waals surface area contributed by atoms with E-state index in [1.54, 1.807) is 11.5 Å². The zero-order chi connectivity index (χ0) is 6.10. The predicted octanol–water partition coefficient (Wildman–Crippen LogP) is 2.25. The third kappa shape index (κ3) is 0.986. The molecule has 9 heavy (non-hydrogen) atoms. The quantitative estimate of drug-likeness (QED) is 0.642. The lowest BCUT2D eigenvalue weighted by Crippen LogP contribution is -1.77. The van der Waals surface area contributed by atoms with Gasteiger partial charge in [0.25, 0.3) is 0 Å². The molecule has 2 heterocycles. The Balaban J connectivity index is 2.68. The van der Waals surface area contributed by atoms with Crippen LogP contribution >= 0.6 is 32.3 Å². The van der Waals surface area contributed by atoms with Crippen molar-refractivity contribution in [1.82, 2.24) is 4.37 Å². The highest BCUT2D eigenvalue weighted by Gasteiger charge is 1.99. The molecule has 0 amide bonds. The van der Waals surface area contributed by atoms with Crippen molar-refractivity contribution in [2.24, 2.45) is 0 Å². The second-order valence-corrected chi connectivity index (χ2v) is 4.57. The van der Waals surface area contributed by atoms with Crippen molar-refractivity contribution in [2.45, 2.75) is 0 Å². The molecule has 3 heteroatoms. The van der Waals surface area contributed by atoms with Crippen LogP contribution in [0.4, 0.5) is 0 Å². The van der Waals surface area contributed by atoms with Gasteiger partial charge in [-0.2, -0.15) is 4.37 Å². The van der Waals surface area contributed by atoms with Crippen molar-refractivity contribution < 1.29 is 0 Å². The normalized spacial score (nSPS) is 14.7. The summed E-state index contributed by atoms with van der Waals surface area (Å²) in [6.07, 6.45) is 4.13. The lowest BCUT2D eigenvalue weighted by Gasteiger charge is -1.90. The highest BCUT2D eigenvalue weighted by molar-refractivity contribution is 14.2. The molecular weight excluding hydrogens is 245 g/mol. The van der Waals surface area contributed by atoms with E-state index in [2.05, 4.69) is 18.5 Å². The van der Waals surface area contributed by atoms with Gasteiger partial charge in [0, 0.05) is 11.8 Å². The van der Waals surface area contributed by atoms with E-state index in [1.165, 1.54) is 10.4 Å². The SMILES string of the molecule is C1=Cc2sncc2C=I1. The van der Waals surface area contributed by atoms with Crippen LogP contribution in [0.1, 0.15) is 10.4 Å². The largest absolute Gasteiger partial charge is 0.200 e. The molecule has 2 rings (SSSR count). The maximum atomic E-state index is 4.08. The van der Waals surface area contributed by atoms with Gasteiger partial charge in [-0.05, 0) is 25.7 Å². The maximum absolute atomic E-state index is 4.08. The van der Waals surface area contributed by atoms with Crippen molar-refractivity contribution in [3.05, 3.63) is 20.7 Å². The predicted molar refractivity (Wildman–Crippen MR) is 50.3 cm³/mol. The first-order valence-electron chi connectivity index (χ1n) is 2.53. The Morgan fingerprint density at radius 3 is 3.44 bits per heavy atom. The fraction of sp³-hybridized carbons (Fsp3) is 0. The molecule has 0 aromatic carbocycles. The molecule has 1 aliphatic rings. The molecule has 0 radical (unpaired) electrons.